The van der Waals surface area contributed by atoms with E-state index in [1.807, 2.05) is 6.07 Å². The molecule has 1 nitrogen and oxygen atoms in total. The molecule has 4 aromatic rings. The summed E-state index contributed by atoms with van der Waals surface area (Å²) in [6.45, 7) is 4.60. The maximum atomic E-state index is 11.3. The molecular weight excluding hydrogens is 520 g/mol. The summed E-state index contributed by atoms with van der Waals surface area (Å²) in [6.07, 6.45) is 8.24. The van der Waals surface area contributed by atoms with Crippen molar-refractivity contribution >= 4 is 44.9 Å². The van der Waals surface area contributed by atoms with Crippen molar-refractivity contribution in [2.75, 3.05) is 0 Å². The third-order valence-corrected chi connectivity index (χ3v) is 9.99. The van der Waals surface area contributed by atoms with Crippen molar-refractivity contribution in [2.45, 2.75) is 57.8 Å². The van der Waals surface area contributed by atoms with Gasteiger partial charge in [0, 0.05) is 15.9 Å². The first-order valence-electron chi connectivity index (χ1n) is 12.2. The number of halogens is 1. The lowest BCUT2D eigenvalue weighted by Gasteiger charge is -2.33. The van der Waals surface area contributed by atoms with Crippen LogP contribution < -0.4 is 0 Å². The second-order valence-electron chi connectivity index (χ2n) is 9.21. The lowest BCUT2D eigenvalue weighted by atomic mass is 9.70. The summed E-state index contributed by atoms with van der Waals surface area (Å²) >= 11 is 7.04. The van der Waals surface area contributed by atoms with E-state index >= 15 is 0 Å². The highest BCUT2D eigenvalue weighted by molar-refractivity contribution is 9.11. The minimum atomic E-state index is 0.0923. The van der Waals surface area contributed by atoms with Crippen LogP contribution in [0.25, 0.3) is 32.0 Å². The summed E-state index contributed by atoms with van der Waals surface area (Å²) in [7, 11) is 0. The van der Waals surface area contributed by atoms with E-state index < -0.39 is 0 Å². The van der Waals surface area contributed by atoms with Crippen LogP contribution in [0, 0.1) is 0 Å². The van der Waals surface area contributed by atoms with E-state index in [9.17, 15) is 4.79 Å². The smallest absolute Gasteiger partial charge is 0.160 e. The fraction of sp³-hybridized carbons (Fsp3) is 0.300. The zero-order valence-corrected chi connectivity index (χ0v) is 22.9. The SMILES string of the molecule is CCCCC1(CCCC)c2ccccc2-c2ccc(-c3cc(Br)sc3-c3ccc(C=O)s3)cc21. The Morgan fingerprint density at radius 1 is 0.824 bits per heavy atom. The summed E-state index contributed by atoms with van der Waals surface area (Å²) in [5.74, 6) is 0. The first-order valence-corrected chi connectivity index (χ1v) is 14.6. The molecule has 5 rings (SSSR count). The van der Waals surface area contributed by atoms with Crippen LogP contribution in [0.15, 0.2) is 64.5 Å². The highest BCUT2D eigenvalue weighted by Gasteiger charge is 2.42. The largest absolute Gasteiger partial charge is 0.297 e. The molecule has 0 amide bonds. The highest BCUT2D eigenvalue weighted by atomic mass is 79.9. The topological polar surface area (TPSA) is 17.1 Å². The average molecular weight is 550 g/mol. The van der Waals surface area contributed by atoms with Gasteiger partial charge < -0.3 is 0 Å². The third kappa shape index (κ3) is 4.04. The fourth-order valence-electron chi connectivity index (χ4n) is 5.54. The van der Waals surface area contributed by atoms with Crippen molar-refractivity contribution in [3.8, 4) is 32.0 Å². The Balaban J connectivity index is 1.68. The van der Waals surface area contributed by atoms with Crippen LogP contribution in [-0.2, 0) is 5.41 Å². The van der Waals surface area contributed by atoms with E-state index in [1.165, 1.54) is 76.8 Å². The monoisotopic (exact) mass is 548 g/mol. The van der Waals surface area contributed by atoms with Crippen LogP contribution in [0.1, 0.15) is 73.2 Å². The normalized spacial score (nSPS) is 13.6. The zero-order valence-electron chi connectivity index (χ0n) is 19.7. The first-order chi connectivity index (χ1) is 16.6. The van der Waals surface area contributed by atoms with Gasteiger partial charge in [0.2, 0.25) is 0 Å². The Labute approximate surface area is 219 Å². The van der Waals surface area contributed by atoms with E-state index in [4.69, 9.17) is 0 Å². The Hall–Kier alpha value is -2.01. The maximum absolute atomic E-state index is 11.3. The number of hydrogen-bond acceptors (Lipinski definition) is 3. The van der Waals surface area contributed by atoms with Crippen LogP contribution in [0.2, 0.25) is 0 Å². The van der Waals surface area contributed by atoms with Crippen molar-refractivity contribution in [1.29, 1.82) is 0 Å². The zero-order chi connectivity index (χ0) is 23.7. The number of unbranched alkanes of at least 4 members (excludes halogenated alkanes) is 2. The van der Waals surface area contributed by atoms with E-state index in [1.54, 1.807) is 22.7 Å². The van der Waals surface area contributed by atoms with Gasteiger partial charge in [-0.15, -0.1) is 22.7 Å². The molecule has 1 aliphatic rings. The minimum Gasteiger partial charge on any atom is -0.297 e. The molecule has 2 aromatic heterocycles. The molecule has 0 unspecified atom stereocenters. The molecule has 2 heterocycles. The minimum absolute atomic E-state index is 0.0923. The maximum Gasteiger partial charge on any atom is 0.160 e. The molecule has 0 saturated carbocycles. The van der Waals surface area contributed by atoms with Gasteiger partial charge in [0.05, 0.1) is 13.5 Å². The molecule has 0 bridgehead atoms. The van der Waals surface area contributed by atoms with Gasteiger partial charge in [-0.2, -0.15) is 0 Å². The van der Waals surface area contributed by atoms with Crippen molar-refractivity contribution in [2.24, 2.45) is 0 Å². The number of aldehydes is 1. The number of rotatable bonds is 9. The third-order valence-electron chi connectivity index (χ3n) is 7.16. The van der Waals surface area contributed by atoms with Crippen molar-refractivity contribution in [3.63, 3.8) is 0 Å². The molecule has 34 heavy (non-hydrogen) atoms. The van der Waals surface area contributed by atoms with Crippen LogP contribution in [-0.4, -0.2) is 6.29 Å². The standard InChI is InChI=1S/C30H29BrOS2/c1-3-5-15-30(16-6-4-2)25-10-8-7-9-22(25)23-13-11-20(17-26(23)30)24-18-28(31)34-29(24)27-14-12-21(19-32)33-27/h7-14,17-19H,3-6,15-16H2,1-2H3. The lowest BCUT2D eigenvalue weighted by molar-refractivity contribution is 0.112. The van der Waals surface area contributed by atoms with Gasteiger partial charge >= 0.3 is 0 Å². The summed E-state index contributed by atoms with van der Waals surface area (Å²) in [6, 6.07) is 22.4. The number of fused-ring (bicyclic) bond motifs is 3. The molecule has 0 radical (unpaired) electrons. The van der Waals surface area contributed by atoms with Crippen molar-refractivity contribution < 1.29 is 4.79 Å². The average Bonchev–Trinajstić information content (AvgIpc) is 3.56. The molecule has 0 fully saturated rings. The predicted octanol–water partition coefficient (Wildman–Crippen LogP) is 10.4. The fourth-order valence-corrected chi connectivity index (χ4v) is 8.11. The van der Waals surface area contributed by atoms with Crippen molar-refractivity contribution in [3.05, 3.63) is 80.5 Å². The van der Waals surface area contributed by atoms with Gasteiger partial charge in [0.1, 0.15) is 0 Å². The number of carbonyl (C=O) groups excluding carboxylic acids is 1. The van der Waals surface area contributed by atoms with E-state index in [2.05, 4.69) is 84.4 Å². The Bertz CT molecular complexity index is 1320. The van der Waals surface area contributed by atoms with E-state index in [0.717, 1.165) is 19.8 Å². The number of carbonyl (C=O) groups is 1. The van der Waals surface area contributed by atoms with Gasteiger partial charge in [0.25, 0.3) is 0 Å². The number of thiophene rings is 2. The molecule has 1 aliphatic carbocycles. The lowest BCUT2D eigenvalue weighted by Crippen LogP contribution is -2.25. The van der Waals surface area contributed by atoms with E-state index in [-0.39, 0.29) is 5.41 Å². The van der Waals surface area contributed by atoms with Crippen molar-refractivity contribution in [1.82, 2.24) is 0 Å². The Kier molecular flexibility index (Phi) is 6.92. The van der Waals surface area contributed by atoms with Crippen LogP contribution in [0.5, 0.6) is 0 Å². The summed E-state index contributed by atoms with van der Waals surface area (Å²) < 4.78 is 1.12. The molecule has 0 atom stereocenters. The molecule has 2 aromatic carbocycles. The molecule has 4 heteroatoms. The molecule has 0 N–H and O–H groups in total. The molecular formula is C30H29BrOS2. The van der Waals surface area contributed by atoms with Gasteiger partial charge in [0.15, 0.2) is 6.29 Å². The number of hydrogen-bond donors (Lipinski definition) is 0. The highest BCUT2D eigenvalue weighted by Crippen LogP contribution is 2.55. The second kappa shape index (κ2) is 9.93. The Morgan fingerprint density at radius 2 is 1.56 bits per heavy atom. The molecule has 0 spiro atoms. The Morgan fingerprint density at radius 3 is 2.26 bits per heavy atom. The van der Waals surface area contributed by atoms with Gasteiger partial charge in [-0.25, -0.2) is 0 Å². The predicted molar refractivity (Wildman–Crippen MR) is 151 cm³/mol. The van der Waals surface area contributed by atoms with Gasteiger partial charge in [-0.3, -0.25) is 4.79 Å². The molecule has 0 saturated heterocycles. The van der Waals surface area contributed by atoms with Crippen LogP contribution in [0.4, 0.5) is 0 Å². The molecule has 174 valence electrons. The van der Waals surface area contributed by atoms with Crippen LogP contribution in [0.3, 0.4) is 0 Å². The summed E-state index contributed by atoms with van der Waals surface area (Å²) in [5, 5.41) is 0. The molecule has 0 aliphatic heterocycles. The van der Waals surface area contributed by atoms with Crippen LogP contribution >= 0.6 is 38.6 Å². The van der Waals surface area contributed by atoms with Gasteiger partial charge in [-0.1, -0.05) is 75.9 Å². The summed E-state index contributed by atoms with van der Waals surface area (Å²) in [5.41, 5.74) is 8.44. The second-order valence-corrected chi connectivity index (χ2v) is 12.8. The summed E-state index contributed by atoms with van der Waals surface area (Å²) in [4.78, 5) is 14.4. The van der Waals surface area contributed by atoms with E-state index in [0.29, 0.717) is 0 Å². The number of benzene rings is 2. The van der Waals surface area contributed by atoms with Gasteiger partial charge in [-0.05, 0) is 80.9 Å². The quantitative estimate of drug-likeness (QED) is 0.190. The first kappa shape index (κ1) is 23.7.